The number of carbonyl (C=O) groups is 1. The lowest BCUT2D eigenvalue weighted by Gasteiger charge is -2.12. The van der Waals surface area contributed by atoms with Gasteiger partial charge in [-0.15, -0.1) is 11.3 Å². The van der Waals surface area contributed by atoms with Crippen LogP contribution < -0.4 is 10.9 Å². The van der Waals surface area contributed by atoms with Gasteiger partial charge in [-0.3, -0.25) is 14.2 Å². The number of furan rings is 1. The quantitative estimate of drug-likeness (QED) is 0.349. The molecule has 0 unspecified atom stereocenters. The first-order valence-electron chi connectivity index (χ1n) is 8.57. The Balaban J connectivity index is 1.68. The zero-order chi connectivity index (χ0) is 20.4. The number of thioether (sulfide) groups is 1. The minimum absolute atomic E-state index is 0.164. The first kappa shape index (κ1) is 19.7. The summed E-state index contributed by atoms with van der Waals surface area (Å²) in [5, 5.41) is 6.62. The van der Waals surface area contributed by atoms with E-state index in [1.54, 1.807) is 35.1 Å². The fourth-order valence-electron chi connectivity index (χ4n) is 2.70. The molecule has 0 aliphatic heterocycles. The van der Waals surface area contributed by atoms with E-state index in [0.717, 1.165) is 5.69 Å². The van der Waals surface area contributed by atoms with Crippen LogP contribution in [0.4, 0.5) is 5.13 Å². The Morgan fingerprint density at radius 3 is 2.97 bits per heavy atom. The molecule has 1 N–H and O–H groups in total. The van der Waals surface area contributed by atoms with Gasteiger partial charge in [0.2, 0.25) is 5.91 Å². The van der Waals surface area contributed by atoms with Crippen LogP contribution in [-0.4, -0.2) is 20.4 Å². The van der Waals surface area contributed by atoms with E-state index < -0.39 is 0 Å². The van der Waals surface area contributed by atoms with Crippen LogP contribution in [0.3, 0.4) is 0 Å². The van der Waals surface area contributed by atoms with Crippen molar-refractivity contribution in [1.82, 2.24) is 14.5 Å². The van der Waals surface area contributed by atoms with Crippen LogP contribution in [0.25, 0.3) is 10.9 Å². The monoisotopic (exact) mass is 446 g/mol. The number of aromatic nitrogens is 3. The molecule has 0 fully saturated rings. The molecule has 1 aromatic carbocycles. The van der Waals surface area contributed by atoms with Gasteiger partial charge in [-0.25, -0.2) is 9.97 Å². The second-order valence-electron chi connectivity index (χ2n) is 6.14. The van der Waals surface area contributed by atoms with Crippen LogP contribution in [0.15, 0.2) is 56.3 Å². The molecule has 3 heterocycles. The standard InChI is InChI=1S/C19H15ClN4O3S2/c1-11(25)21-18-22-13(9-28-18)10-29-19-23-16-7-12(20)4-5-15(16)17(26)24(19)8-14-3-2-6-27-14/h2-7,9H,8,10H2,1H3,(H,21,22,25). The third-order valence-corrected chi connectivity index (χ3v) is 6.01. The maximum absolute atomic E-state index is 13.1. The summed E-state index contributed by atoms with van der Waals surface area (Å²) in [4.78, 5) is 33.3. The van der Waals surface area contributed by atoms with E-state index in [1.165, 1.54) is 30.0 Å². The molecule has 0 spiro atoms. The summed E-state index contributed by atoms with van der Waals surface area (Å²) in [6, 6.07) is 8.63. The number of hydrogen-bond donors (Lipinski definition) is 1. The number of hydrogen-bond acceptors (Lipinski definition) is 7. The Morgan fingerprint density at radius 1 is 1.34 bits per heavy atom. The van der Waals surface area contributed by atoms with Crippen LogP contribution in [-0.2, 0) is 17.1 Å². The lowest BCUT2D eigenvalue weighted by molar-refractivity contribution is -0.114. The predicted octanol–water partition coefficient (Wildman–Crippen LogP) is 4.40. The fourth-order valence-corrected chi connectivity index (χ4v) is 4.62. The van der Waals surface area contributed by atoms with Crippen molar-refractivity contribution in [2.45, 2.75) is 24.4 Å². The highest BCUT2D eigenvalue weighted by Gasteiger charge is 2.14. The molecule has 0 saturated carbocycles. The largest absolute Gasteiger partial charge is 0.467 e. The van der Waals surface area contributed by atoms with Crippen molar-refractivity contribution in [2.75, 3.05) is 5.32 Å². The highest BCUT2D eigenvalue weighted by Crippen LogP contribution is 2.26. The van der Waals surface area contributed by atoms with Crippen molar-refractivity contribution < 1.29 is 9.21 Å². The van der Waals surface area contributed by atoms with Crippen LogP contribution in [0.5, 0.6) is 0 Å². The van der Waals surface area contributed by atoms with Crippen molar-refractivity contribution in [3.05, 3.63) is 68.8 Å². The molecular weight excluding hydrogens is 432 g/mol. The predicted molar refractivity (Wildman–Crippen MR) is 115 cm³/mol. The molecule has 10 heteroatoms. The Morgan fingerprint density at radius 2 is 2.21 bits per heavy atom. The molecule has 29 heavy (non-hydrogen) atoms. The van der Waals surface area contributed by atoms with Crippen LogP contribution in [0.1, 0.15) is 18.4 Å². The van der Waals surface area contributed by atoms with Gasteiger partial charge in [0.15, 0.2) is 10.3 Å². The molecule has 4 rings (SSSR count). The lowest BCUT2D eigenvalue weighted by Crippen LogP contribution is -2.23. The zero-order valence-electron chi connectivity index (χ0n) is 15.2. The average molecular weight is 447 g/mol. The summed E-state index contributed by atoms with van der Waals surface area (Å²) < 4.78 is 7.00. The molecule has 0 atom stereocenters. The Labute approximate surface area is 178 Å². The minimum Gasteiger partial charge on any atom is -0.467 e. The molecule has 0 saturated heterocycles. The molecule has 7 nitrogen and oxygen atoms in total. The number of nitrogens with zero attached hydrogens (tertiary/aromatic N) is 3. The van der Waals surface area contributed by atoms with Gasteiger partial charge in [0, 0.05) is 23.1 Å². The van der Waals surface area contributed by atoms with E-state index in [-0.39, 0.29) is 18.0 Å². The number of carbonyl (C=O) groups excluding carboxylic acids is 1. The third kappa shape index (κ3) is 4.52. The maximum Gasteiger partial charge on any atom is 0.262 e. The zero-order valence-corrected chi connectivity index (χ0v) is 17.6. The van der Waals surface area contributed by atoms with Gasteiger partial charge in [0.1, 0.15) is 5.76 Å². The molecular formula is C19H15ClN4O3S2. The molecule has 4 aromatic rings. The van der Waals surface area contributed by atoms with E-state index in [1.807, 2.05) is 11.4 Å². The fraction of sp³-hybridized carbons (Fsp3) is 0.158. The lowest BCUT2D eigenvalue weighted by atomic mass is 10.2. The van der Waals surface area contributed by atoms with E-state index in [9.17, 15) is 9.59 Å². The Bertz CT molecular complexity index is 1230. The second-order valence-corrected chi connectivity index (χ2v) is 8.38. The summed E-state index contributed by atoms with van der Waals surface area (Å²) in [6.07, 6.45) is 1.57. The summed E-state index contributed by atoms with van der Waals surface area (Å²) in [5.74, 6) is 0.983. The Hall–Kier alpha value is -2.62. The maximum atomic E-state index is 13.1. The molecule has 1 amide bonds. The first-order valence-corrected chi connectivity index (χ1v) is 10.8. The van der Waals surface area contributed by atoms with E-state index in [0.29, 0.717) is 37.7 Å². The molecule has 148 valence electrons. The summed E-state index contributed by atoms with van der Waals surface area (Å²) in [5.41, 5.74) is 1.16. The molecule has 0 aliphatic rings. The number of thiazole rings is 1. The van der Waals surface area contributed by atoms with Gasteiger partial charge in [-0.05, 0) is 30.3 Å². The topological polar surface area (TPSA) is 90.0 Å². The third-order valence-electron chi connectivity index (χ3n) is 3.96. The van der Waals surface area contributed by atoms with Crippen molar-refractivity contribution in [3.8, 4) is 0 Å². The van der Waals surface area contributed by atoms with Crippen LogP contribution >= 0.6 is 34.7 Å². The van der Waals surface area contributed by atoms with E-state index in [4.69, 9.17) is 16.0 Å². The highest BCUT2D eigenvalue weighted by atomic mass is 35.5. The van der Waals surface area contributed by atoms with Gasteiger partial charge >= 0.3 is 0 Å². The summed E-state index contributed by atoms with van der Waals surface area (Å²) in [7, 11) is 0. The molecule has 0 aliphatic carbocycles. The Kier molecular flexibility index (Phi) is 5.70. The number of amides is 1. The highest BCUT2D eigenvalue weighted by molar-refractivity contribution is 7.98. The van der Waals surface area contributed by atoms with E-state index in [2.05, 4.69) is 15.3 Å². The van der Waals surface area contributed by atoms with Crippen LogP contribution in [0.2, 0.25) is 5.02 Å². The summed E-state index contributed by atoms with van der Waals surface area (Å²) >= 11 is 8.82. The van der Waals surface area contributed by atoms with Crippen molar-refractivity contribution in [3.63, 3.8) is 0 Å². The molecule has 0 radical (unpaired) electrons. The SMILES string of the molecule is CC(=O)Nc1nc(CSc2nc3cc(Cl)ccc3c(=O)n2Cc2ccco2)cs1. The summed E-state index contributed by atoms with van der Waals surface area (Å²) in [6.45, 7) is 1.71. The number of nitrogens with one attached hydrogen (secondary N) is 1. The molecule has 0 bridgehead atoms. The van der Waals surface area contributed by atoms with Gasteiger partial charge < -0.3 is 9.73 Å². The van der Waals surface area contributed by atoms with Gasteiger partial charge in [0.05, 0.1) is 29.4 Å². The minimum atomic E-state index is -0.168. The van der Waals surface area contributed by atoms with Gasteiger partial charge in [-0.1, -0.05) is 23.4 Å². The number of anilines is 1. The van der Waals surface area contributed by atoms with Crippen molar-refractivity contribution >= 4 is 56.6 Å². The number of halogens is 1. The second kappa shape index (κ2) is 8.40. The van der Waals surface area contributed by atoms with E-state index >= 15 is 0 Å². The van der Waals surface area contributed by atoms with Crippen molar-refractivity contribution in [1.29, 1.82) is 0 Å². The van der Waals surface area contributed by atoms with Gasteiger partial charge in [-0.2, -0.15) is 0 Å². The van der Waals surface area contributed by atoms with Crippen molar-refractivity contribution in [2.24, 2.45) is 0 Å². The normalized spacial score (nSPS) is 11.1. The van der Waals surface area contributed by atoms with Gasteiger partial charge in [0.25, 0.3) is 5.56 Å². The average Bonchev–Trinajstić information content (AvgIpc) is 3.34. The number of benzene rings is 1. The van der Waals surface area contributed by atoms with Crippen LogP contribution in [0, 0.1) is 0 Å². The number of fused-ring (bicyclic) bond motifs is 1. The first-order chi connectivity index (χ1) is 14.0. The smallest absolute Gasteiger partial charge is 0.262 e. The molecule has 3 aromatic heterocycles. The number of rotatable bonds is 6.